The molecule has 0 saturated heterocycles. The number of pyridine rings is 1. The smallest absolute Gasteiger partial charge is 0.292 e. The van der Waals surface area contributed by atoms with Crippen LogP contribution in [0.5, 0.6) is 0 Å². The van der Waals surface area contributed by atoms with Crippen molar-refractivity contribution < 1.29 is 14.0 Å². The SMILES string of the molecule is Cc1cccnc1NC(=O)c1oc2c(c1C)/C(=N/NC(=O)c1cccc3ccccc13)CCC2. The molecule has 2 aromatic carbocycles. The number of aromatic nitrogens is 1. The van der Waals surface area contributed by atoms with Crippen LogP contribution >= 0.6 is 0 Å². The van der Waals surface area contributed by atoms with E-state index in [0.717, 1.165) is 28.3 Å². The lowest BCUT2D eigenvalue weighted by molar-refractivity contribution is 0.0955. The predicted octanol–water partition coefficient (Wildman–Crippen LogP) is 5.17. The Balaban J connectivity index is 1.41. The maximum absolute atomic E-state index is 12.9. The Bertz CT molecular complexity index is 1450. The molecule has 7 heteroatoms. The highest BCUT2D eigenvalue weighted by atomic mass is 16.4. The number of fused-ring (bicyclic) bond motifs is 2. The van der Waals surface area contributed by atoms with E-state index < -0.39 is 0 Å². The Morgan fingerprint density at radius 1 is 0.971 bits per heavy atom. The number of hydrazone groups is 1. The van der Waals surface area contributed by atoms with Gasteiger partial charge < -0.3 is 9.73 Å². The molecule has 1 aliphatic carbocycles. The Hall–Kier alpha value is -4.26. The van der Waals surface area contributed by atoms with Crippen LogP contribution in [-0.2, 0) is 6.42 Å². The summed E-state index contributed by atoms with van der Waals surface area (Å²) in [5.74, 6) is 0.821. The van der Waals surface area contributed by atoms with Crippen molar-refractivity contribution in [1.82, 2.24) is 10.4 Å². The average molecular weight is 453 g/mol. The number of carbonyl (C=O) groups excluding carboxylic acids is 2. The first kappa shape index (κ1) is 21.6. The van der Waals surface area contributed by atoms with Crippen LogP contribution in [0.3, 0.4) is 0 Å². The first-order valence-corrected chi connectivity index (χ1v) is 11.2. The molecule has 2 heterocycles. The molecule has 2 amide bonds. The van der Waals surface area contributed by atoms with E-state index in [2.05, 4.69) is 20.8 Å². The van der Waals surface area contributed by atoms with E-state index >= 15 is 0 Å². The standard InChI is InChI=1S/C27H24N4O3/c1-16-8-7-15-28-25(16)29-27(33)24-17(2)23-21(13-6-14-22(23)34-24)30-31-26(32)20-12-5-10-18-9-3-4-11-19(18)20/h3-5,7-12,15H,6,13-14H2,1-2H3,(H,31,32)(H,28,29,33)/b30-21+. The Kier molecular flexibility index (Phi) is 5.67. The first-order valence-electron chi connectivity index (χ1n) is 11.2. The van der Waals surface area contributed by atoms with Crippen molar-refractivity contribution in [2.45, 2.75) is 33.1 Å². The number of anilines is 1. The summed E-state index contributed by atoms with van der Waals surface area (Å²) in [5, 5.41) is 9.14. The van der Waals surface area contributed by atoms with Gasteiger partial charge in [0.25, 0.3) is 11.8 Å². The minimum absolute atomic E-state index is 0.241. The van der Waals surface area contributed by atoms with Crippen molar-refractivity contribution in [1.29, 1.82) is 0 Å². The molecule has 0 bridgehead atoms. The highest BCUT2D eigenvalue weighted by molar-refractivity contribution is 6.10. The van der Waals surface area contributed by atoms with Crippen molar-refractivity contribution >= 4 is 34.1 Å². The predicted molar refractivity (Wildman–Crippen MR) is 131 cm³/mol. The van der Waals surface area contributed by atoms with Crippen LogP contribution < -0.4 is 10.7 Å². The molecule has 0 spiro atoms. The number of nitrogens with one attached hydrogen (secondary N) is 2. The van der Waals surface area contributed by atoms with Gasteiger partial charge in [0.2, 0.25) is 0 Å². The molecule has 5 rings (SSSR count). The van der Waals surface area contributed by atoms with Crippen molar-refractivity contribution in [2.75, 3.05) is 5.32 Å². The molecule has 0 atom stereocenters. The van der Waals surface area contributed by atoms with Gasteiger partial charge in [-0.05, 0) is 55.2 Å². The first-order chi connectivity index (χ1) is 16.5. The van der Waals surface area contributed by atoms with Gasteiger partial charge >= 0.3 is 0 Å². The van der Waals surface area contributed by atoms with Crippen LogP contribution in [0.25, 0.3) is 10.8 Å². The average Bonchev–Trinajstić information content (AvgIpc) is 3.20. The summed E-state index contributed by atoms with van der Waals surface area (Å²) in [6.07, 6.45) is 3.85. The molecule has 0 fully saturated rings. The number of hydrogen-bond acceptors (Lipinski definition) is 5. The number of nitrogens with zero attached hydrogens (tertiary/aromatic N) is 2. The molecule has 0 aliphatic heterocycles. The summed E-state index contributed by atoms with van der Waals surface area (Å²) in [4.78, 5) is 30.1. The molecule has 4 aromatic rings. The van der Waals surface area contributed by atoms with Crippen LogP contribution in [0.15, 0.2) is 70.3 Å². The van der Waals surface area contributed by atoms with E-state index in [1.165, 1.54) is 0 Å². The molecule has 7 nitrogen and oxygen atoms in total. The molecule has 2 N–H and O–H groups in total. The highest BCUT2D eigenvalue weighted by Gasteiger charge is 2.28. The van der Waals surface area contributed by atoms with E-state index in [1.807, 2.05) is 62.4 Å². The van der Waals surface area contributed by atoms with Crippen molar-refractivity contribution in [3.8, 4) is 0 Å². The summed E-state index contributed by atoms with van der Waals surface area (Å²) in [6.45, 7) is 3.72. The maximum Gasteiger partial charge on any atom is 0.292 e. The lowest BCUT2D eigenvalue weighted by atomic mass is 9.93. The van der Waals surface area contributed by atoms with Crippen molar-refractivity contribution in [3.63, 3.8) is 0 Å². The van der Waals surface area contributed by atoms with E-state index in [0.29, 0.717) is 41.3 Å². The van der Waals surface area contributed by atoms with Gasteiger partial charge in [-0.15, -0.1) is 0 Å². The third-order valence-corrected chi connectivity index (χ3v) is 6.10. The molecule has 0 saturated carbocycles. The fraction of sp³-hybridized carbons (Fsp3) is 0.185. The number of aryl methyl sites for hydroxylation is 2. The summed E-state index contributed by atoms with van der Waals surface area (Å²) in [6, 6.07) is 17.1. The molecule has 34 heavy (non-hydrogen) atoms. The number of carbonyl (C=O) groups is 2. The maximum atomic E-state index is 12.9. The number of hydrogen-bond donors (Lipinski definition) is 2. The third-order valence-electron chi connectivity index (χ3n) is 6.10. The number of benzene rings is 2. The van der Waals surface area contributed by atoms with E-state index in [-0.39, 0.29) is 17.6 Å². The monoisotopic (exact) mass is 452 g/mol. The van der Waals surface area contributed by atoms with Crippen LogP contribution in [-0.4, -0.2) is 22.5 Å². The van der Waals surface area contributed by atoms with Gasteiger partial charge in [0.05, 0.1) is 5.71 Å². The molecule has 0 radical (unpaired) electrons. The number of furan rings is 1. The highest BCUT2D eigenvalue weighted by Crippen LogP contribution is 2.30. The van der Waals surface area contributed by atoms with Crippen LogP contribution in [0.1, 0.15) is 56.2 Å². The molecule has 0 unspecified atom stereocenters. The summed E-state index contributed by atoms with van der Waals surface area (Å²) in [5.41, 5.74) is 6.36. The van der Waals surface area contributed by atoms with Crippen LogP contribution in [0.2, 0.25) is 0 Å². The Morgan fingerprint density at radius 2 is 1.79 bits per heavy atom. The van der Waals surface area contributed by atoms with Gasteiger partial charge in [-0.2, -0.15) is 5.10 Å². The van der Waals surface area contributed by atoms with Crippen LogP contribution in [0.4, 0.5) is 5.82 Å². The summed E-state index contributed by atoms with van der Waals surface area (Å²) < 4.78 is 5.96. The van der Waals surface area contributed by atoms with Gasteiger partial charge in [0, 0.05) is 29.3 Å². The quantitative estimate of drug-likeness (QED) is 0.418. The van der Waals surface area contributed by atoms with Gasteiger partial charge in [-0.25, -0.2) is 10.4 Å². The minimum atomic E-state index is -0.354. The van der Waals surface area contributed by atoms with E-state index in [9.17, 15) is 9.59 Å². The summed E-state index contributed by atoms with van der Waals surface area (Å²) >= 11 is 0. The zero-order valence-electron chi connectivity index (χ0n) is 19.0. The van der Waals surface area contributed by atoms with Crippen LogP contribution in [0, 0.1) is 13.8 Å². The number of amides is 2. The van der Waals surface area contributed by atoms with E-state index in [1.54, 1.807) is 12.3 Å². The zero-order valence-corrected chi connectivity index (χ0v) is 19.0. The topological polar surface area (TPSA) is 96.6 Å². The molecule has 170 valence electrons. The molecule has 1 aliphatic rings. The van der Waals surface area contributed by atoms with Crippen molar-refractivity contribution in [2.24, 2.45) is 5.10 Å². The van der Waals surface area contributed by atoms with Gasteiger partial charge in [-0.3, -0.25) is 9.59 Å². The Morgan fingerprint density at radius 3 is 2.65 bits per heavy atom. The second kappa shape index (κ2) is 8.94. The number of rotatable bonds is 4. The third kappa shape index (κ3) is 3.96. The second-order valence-corrected chi connectivity index (χ2v) is 8.36. The molecular weight excluding hydrogens is 428 g/mol. The fourth-order valence-electron chi connectivity index (χ4n) is 4.38. The normalized spacial score (nSPS) is 14.1. The van der Waals surface area contributed by atoms with Gasteiger partial charge in [-0.1, -0.05) is 42.5 Å². The summed E-state index contributed by atoms with van der Waals surface area (Å²) in [7, 11) is 0. The lowest BCUT2D eigenvalue weighted by Crippen LogP contribution is -2.22. The van der Waals surface area contributed by atoms with Crippen molar-refractivity contribution in [3.05, 3.63) is 94.6 Å². The van der Waals surface area contributed by atoms with E-state index in [4.69, 9.17) is 4.42 Å². The Labute approximate surface area is 196 Å². The van der Waals surface area contributed by atoms with Gasteiger partial charge in [0.15, 0.2) is 5.76 Å². The second-order valence-electron chi connectivity index (χ2n) is 8.36. The molecular formula is C27H24N4O3. The zero-order chi connectivity index (χ0) is 23.7. The lowest BCUT2D eigenvalue weighted by Gasteiger charge is -2.13. The minimum Gasteiger partial charge on any atom is -0.455 e. The fourth-order valence-corrected chi connectivity index (χ4v) is 4.38. The largest absolute Gasteiger partial charge is 0.455 e. The molecule has 2 aromatic heterocycles. The van der Waals surface area contributed by atoms with Gasteiger partial charge in [0.1, 0.15) is 11.6 Å².